The molecule has 0 aliphatic rings. The van der Waals surface area contributed by atoms with Crippen LogP contribution in [-0.4, -0.2) is 29.8 Å². The summed E-state index contributed by atoms with van der Waals surface area (Å²) in [4.78, 5) is 6.73. The van der Waals surface area contributed by atoms with Gasteiger partial charge in [0.05, 0.1) is 11.3 Å². The fraction of sp³-hybridized carbons (Fsp3) is 0.182. The molecule has 0 aliphatic carbocycles. The second-order valence-electron chi connectivity index (χ2n) is 7.55. The van der Waals surface area contributed by atoms with E-state index in [9.17, 15) is 5.11 Å². The van der Waals surface area contributed by atoms with Crippen molar-refractivity contribution in [3.63, 3.8) is 0 Å². The molecule has 0 aliphatic heterocycles. The largest absolute Gasteiger partial charge is 0.507 e. The number of H-pyrrole nitrogens is 3. The predicted octanol–water partition coefficient (Wildman–Crippen LogP) is 5.50. The standard InChI is InChI=1S/C22H21N5OS/c1-10-12(3)24-17-9-19(28)15(8-14(10)17)21-25-26-22(29)27(21)18-7-5-6-16-20(18)11(2)13(4)23-16/h5-9,23-24,28H,1-4H3,(H,26,29). The van der Waals surface area contributed by atoms with Crippen molar-refractivity contribution < 1.29 is 5.11 Å². The van der Waals surface area contributed by atoms with Gasteiger partial charge in [0.15, 0.2) is 10.6 Å². The Balaban J connectivity index is 1.84. The highest BCUT2D eigenvalue weighted by atomic mass is 32.1. The number of nitrogens with one attached hydrogen (secondary N) is 3. The van der Waals surface area contributed by atoms with Crippen molar-refractivity contribution in [1.29, 1.82) is 0 Å². The van der Waals surface area contributed by atoms with Gasteiger partial charge >= 0.3 is 0 Å². The third-order valence-corrected chi connectivity index (χ3v) is 6.15. The Bertz CT molecular complexity index is 1480. The average molecular weight is 404 g/mol. The summed E-state index contributed by atoms with van der Waals surface area (Å²) in [5.74, 6) is 0.738. The number of phenolic OH excluding ortho intramolecular Hbond substituents is 1. The number of aryl methyl sites for hydroxylation is 4. The molecule has 6 nitrogen and oxygen atoms in total. The molecule has 0 unspecified atom stereocenters. The Morgan fingerprint density at radius 3 is 2.48 bits per heavy atom. The van der Waals surface area contributed by atoms with Crippen LogP contribution in [0.15, 0.2) is 30.3 Å². The molecule has 7 heteroatoms. The topological polar surface area (TPSA) is 85.4 Å². The molecular weight excluding hydrogens is 382 g/mol. The van der Waals surface area contributed by atoms with Crippen molar-refractivity contribution in [1.82, 2.24) is 24.7 Å². The quantitative estimate of drug-likeness (QED) is 0.294. The van der Waals surface area contributed by atoms with Crippen LogP contribution < -0.4 is 0 Å². The Morgan fingerprint density at radius 1 is 0.966 bits per heavy atom. The first-order chi connectivity index (χ1) is 13.9. The summed E-state index contributed by atoms with van der Waals surface area (Å²) in [7, 11) is 0. The first-order valence-electron chi connectivity index (χ1n) is 9.44. The van der Waals surface area contributed by atoms with E-state index in [4.69, 9.17) is 12.2 Å². The fourth-order valence-electron chi connectivity index (χ4n) is 4.09. The van der Waals surface area contributed by atoms with Crippen molar-refractivity contribution in [2.24, 2.45) is 0 Å². The molecule has 146 valence electrons. The van der Waals surface area contributed by atoms with Gasteiger partial charge in [-0.2, -0.15) is 5.10 Å². The highest BCUT2D eigenvalue weighted by Gasteiger charge is 2.19. The zero-order chi connectivity index (χ0) is 20.4. The number of aromatic hydroxyl groups is 1. The van der Waals surface area contributed by atoms with E-state index in [1.165, 1.54) is 5.56 Å². The highest BCUT2D eigenvalue weighted by molar-refractivity contribution is 7.71. The monoisotopic (exact) mass is 403 g/mol. The Labute approximate surface area is 172 Å². The minimum Gasteiger partial charge on any atom is -0.507 e. The maximum Gasteiger partial charge on any atom is 0.200 e. The molecule has 4 N–H and O–H groups in total. The van der Waals surface area contributed by atoms with E-state index >= 15 is 0 Å². The molecule has 0 radical (unpaired) electrons. The molecule has 0 saturated carbocycles. The van der Waals surface area contributed by atoms with Crippen molar-refractivity contribution in [2.45, 2.75) is 27.7 Å². The van der Waals surface area contributed by atoms with E-state index < -0.39 is 0 Å². The lowest BCUT2D eigenvalue weighted by Gasteiger charge is -2.11. The minimum absolute atomic E-state index is 0.156. The van der Waals surface area contributed by atoms with Gasteiger partial charge < -0.3 is 15.1 Å². The van der Waals surface area contributed by atoms with Crippen molar-refractivity contribution >= 4 is 34.0 Å². The number of nitrogens with zero attached hydrogens (tertiary/aromatic N) is 2. The second-order valence-corrected chi connectivity index (χ2v) is 7.94. The van der Waals surface area contributed by atoms with Gasteiger partial charge in [0.2, 0.25) is 0 Å². The van der Waals surface area contributed by atoms with Crippen LogP contribution in [0.2, 0.25) is 0 Å². The van der Waals surface area contributed by atoms with Crippen LogP contribution in [0.5, 0.6) is 5.75 Å². The molecule has 29 heavy (non-hydrogen) atoms. The number of benzene rings is 2. The van der Waals surface area contributed by atoms with Gasteiger partial charge in [0, 0.05) is 39.3 Å². The van der Waals surface area contributed by atoms with Gasteiger partial charge in [-0.1, -0.05) is 6.07 Å². The molecule has 2 aromatic carbocycles. The number of aromatic nitrogens is 5. The van der Waals surface area contributed by atoms with E-state index in [-0.39, 0.29) is 5.75 Å². The van der Waals surface area contributed by atoms with E-state index in [2.05, 4.69) is 47.0 Å². The van der Waals surface area contributed by atoms with Gasteiger partial charge in [-0.05, 0) is 69.2 Å². The van der Waals surface area contributed by atoms with Gasteiger partial charge in [-0.3, -0.25) is 9.67 Å². The molecule has 0 spiro atoms. The number of hydrogen-bond donors (Lipinski definition) is 4. The first kappa shape index (κ1) is 17.8. The number of hydrogen-bond acceptors (Lipinski definition) is 3. The van der Waals surface area contributed by atoms with E-state index in [0.717, 1.165) is 44.4 Å². The maximum atomic E-state index is 10.8. The van der Waals surface area contributed by atoms with Crippen LogP contribution in [-0.2, 0) is 0 Å². The van der Waals surface area contributed by atoms with Gasteiger partial charge in [0.25, 0.3) is 0 Å². The molecule has 5 aromatic rings. The highest BCUT2D eigenvalue weighted by Crippen LogP contribution is 2.37. The molecule has 3 heterocycles. The second kappa shape index (κ2) is 6.09. The molecule has 0 fully saturated rings. The molecular formula is C22H21N5OS. The fourth-order valence-corrected chi connectivity index (χ4v) is 4.32. The summed E-state index contributed by atoms with van der Waals surface area (Å²) < 4.78 is 2.38. The van der Waals surface area contributed by atoms with Gasteiger partial charge in [-0.15, -0.1) is 0 Å². The van der Waals surface area contributed by atoms with Crippen molar-refractivity contribution in [2.75, 3.05) is 0 Å². The lowest BCUT2D eigenvalue weighted by molar-refractivity contribution is 0.477. The van der Waals surface area contributed by atoms with Crippen LogP contribution in [0.25, 0.3) is 38.9 Å². The average Bonchev–Trinajstić information content (AvgIpc) is 3.29. The van der Waals surface area contributed by atoms with Crippen molar-refractivity contribution in [3.05, 3.63) is 57.6 Å². The van der Waals surface area contributed by atoms with E-state index in [1.54, 1.807) is 6.07 Å². The lowest BCUT2D eigenvalue weighted by atomic mass is 10.1. The summed E-state index contributed by atoms with van der Waals surface area (Å²) in [5, 5.41) is 20.3. The smallest absolute Gasteiger partial charge is 0.200 e. The van der Waals surface area contributed by atoms with Crippen LogP contribution in [0.4, 0.5) is 0 Å². The SMILES string of the molecule is Cc1[nH]c2cc(O)c(-c3n[nH]c(=S)n3-c3cccc4[nH]c(C)c(C)c34)cc2c1C. The molecule has 0 bridgehead atoms. The van der Waals surface area contributed by atoms with E-state index in [1.807, 2.05) is 29.7 Å². The maximum absolute atomic E-state index is 10.8. The summed E-state index contributed by atoms with van der Waals surface area (Å²) in [6.07, 6.45) is 0. The third kappa shape index (κ3) is 2.47. The molecule has 0 amide bonds. The van der Waals surface area contributed by atoms with Gasteiger partial charge in [-0.25, -0.2) is 0 Å². The van der Waals surface area contributed by atoms with Gasteiger partial charge in [0.1, 0.15) is 5.75 Å². The summed E-state index contributed by atoms with van der Waals surface area (Å²) in [5.41, 5.74) is 8.03. The van der Waals surface area contributed by atoms with Crippen LogP contribution >= 0.6 is 12.2 Å². The first-order valence-corrected chi connectivity index (χ1v) is 9.85. The normalized spacial score (nSPS) is 11.7. The number of aromatic amines is 3. The number of fused-ring (bicyclic) bond motifs is 2. The lowest BCUT2D eigenvalue weighted by Crippen LogP contribution is -1.99. The van der Waals surface area contributed by atoms with Crippen LogP contribution in [0.1, 0.15) is 22.5 Å². The zero-order valence-electron chi connectivity index (χ0n) is 16.6. The Hall–Kier alpha value is -3.32. The Morgan fingerprint density at radius 2 is 1.69 bits per heavy atom. The Kier molecular flexibility index (Phi) is 3.73. The molecule has 5 rings (SSSR count). The molecule has 0 saturated heterocycles. The third-order valence-electron chi connectivity index (χ3n) is 5.88. The number of rotatable bonds is 2. The summed E-state index contributed by atoms with van der Waals surface area (Å²) >= 11 is 5.58. The van der Waals surface area contributed by atoms with Crippen LogP contribution in [0, 0.1) is 32.5 Å². The van der Waals surface area contributed by atoms with Crippen molar-refractivity contribution in [3.8, 4) is 22.8 Å². The molecule has 0 atom stereocenters. The number of phenols is 1. The predicted molar refractivity (Wildman–Crippen MR) is 119 cm³/mol. The molecule has 3 aromatic heterocycles. The summed E-state index contributed by atoms with van der Waals surface area (Å²) in [6, 6.07) is 9.80. The van der Waals surface area contributed by atoms with E-state index in [0.29, 0.717) is 16.2 Å². The zero-order valence-corrected chi connectivity index (χ0v) is 17.5. The van der Waals surface area contributed by atoms with Crippen LogP contribution in [0.3, 0.4) is 0 Å². The minimum atomic E-state index is 0.156. The summed E-state index contributed by atoms with van der Waals surface area (Å²) in [6.45, 7) is 8.25.